The zero-order valence-corrected chi connectivity index (χ0v) is 23.2. The minimum Gasteiger partial charge on any atom is -0.486 e. The maximum absolute atomic E-state index is 14.0. The van der Waals surface area contributed by atoms with Crippen LogP contribution in [0.2, 0.25) is 0 Å². The number of rotatable bonds is 11. The van der Waals surface area contributed by atoms with Crippen LogP contribution in [0.3, 0.4) is 0 Å². The van der Waals surface area contributed by atoms with E-state index in [1.807, 2.05) is 30.3 Å². The van der Waals surface area contributed by atoms with Crippen LogP contribution in [0.25, 0.3) is 0 Å². The minimum absolute atomic E-state index is 0.0352. The molecule has 0 fully saturated rings. The van der Waals surface area contributed by atoms with Crippen LogP contribution in [0.4, 0.5) is 10.1 Å². The molecule has 1 unspecified atom stereocenters. The molecular formula is C29H32FN3O6S. The average molecular weight is 570 g/mol. The zero-order valence-electron chi connectivity index (χ0n) is 22.4. The van der Waals surface area contributed by atoms with Crippen LogP contribution in [0.15, 0.2) is 72.8 Å². The van der Waals surface area contributed by atoms with Crippen molar-refractivity contribution in [2.45, 2.75) is 25.9 Å². The van der Waals surface area contributed by atoms with Crippen molar-refractivity contribution in [3.05, 3.63) is 89.7 Å². The second-order valence-electron chi connectivity index (χ2n) is 9.35. The lowest BCUT2D eigenvalue weighted by Gasteiger charge is -2.33. The maximum Gasteiger partial charge on any atom is 0.244 e. The first-order valence-corrected chi connectivity index (χ1v) is 14.7. The molecule has 1 atom stereocenters. The van der Waals surface area contributed by atoms with Crippen molar-refractivity contribution in [1.29, 1.82) is 0 Å². The third-order valence-corrected chi connectivity index (χ3v) is 7.52. The van der Waals surface area contributed by atoms with Gasteiger partial charge < -0.3 is 19.7 Å². The fraction of sp³-hybridized carbons (Fsp3) is 0.310. The molecule has 2 amide bonds. The number of ether oxygens (including phenoxy) is 2. The van der Waals surface area contributed by atoms with E-state index in [1.54, 1.807) is 13.0 Å². The van der Waals surface area contributed by atoms with Gasteiger partial charge in [0, 0.05) is 25.6 Å². The van der Waals surface area contributed by atoms with Crippen molar-refractivity contribution in [2.75, 3.05) is 36.9 Å². The van der Waals surface area contributed by atoms with Gasteiger partial charge in [0.1, 0.15) is 31.6 Å². The van der Waals surface area contributed by atoms with E-state index in [-0.39, 0.29) is 24.6 Å². The Morgan fingerprint density at radius 1 is 0.950 bits per heavy atom. The van der Waals surface area contributed by atoms with E-state index in [9.17, 15) is 22.4 Å². The first kappa shape index (κ1) is 28.9. The summed E-state index contributed by atoms with van der Waals surface area (Å²) in [6.07, 6.45) is 1.20. The number of nitrogens with zero attached hydrogens (tertiary/aromatic N) is 2. The van der Waals surface area contributed by atoms with E-state index < -0.39 is 34.3 Å². The van der Waals surface area contributed by atoms with E-state index in [0.29, 0.717) is 36.8 Å². The second kappa shape index (κ2) is 12.8. The molecule has 0 saturated carbocycles. The number of nitrogens with one attached hydrogen (secondary N) is 1. The average Bonchev–Trinajstić information content (AvgIpc) is 2.94. The number of anilines is 1. The Hall–Kier alpha value is -4.12. The molecule has 1 N–H and O–H groups in total. The van der Waals surface area contributed by atoms with Crippen LogP contribution in [0, 0.1) is 5.82 Å². The van der Waals surface area contributed by atoms with E-state index in [4.69, 9.17) is 9.47 Å². The van der Waals surface area contributed by atoms with Crippen LogP contribution >= 0.6 is 0 Å². The highest BCUT2D eigenvalue weighted by Crippen LogP contribution is 2.34. The molecule has 4 rings (SSSR count). The lowest BCUT2D eigenvalue weighted by Crippen LogP contribution is -2.53. The molecule has 0 saturated heterocycles. The van der Waals surface area contributed by atoms with Gasteiger partial charge in [0.05, 0.1) is 11.9 Å². The Morgan fingerprint density at radius 3 is 2.27 bits per heavy atom. The summed E-state index contributed by atoms with van der Waals surface area (Å²) >= 11 is 0. The minimum atomic E-state index is -3.93. The van der Waals surface area contributed by atoms with E-state index in [2.05, 4.69) is 5.32 Å². The van der Waals surface area contributed by atoms with Crippen LogP contribution in [-0.2, 0) is 32.6 Å². The topological polar surface area (TPSA) is 105 Å². The predicted octanol–water partition coefficient (Wildman–Crippen LogP) is 3.14. The van der Waals surface area contributed by atoms with Gasteiger partial charge in [-0.1, -0.05) is 42.5 Å². The molecule has 212 valence electrons. The van der Waals surface area contributed by atoms with Gasteiger partial charge in [-0.3, -0.25) is 13.9 Å². The summed E-state index contributed by atoms with van der Waals surface area (Å²) in [5.74, 6) is -0.568. The molecule has 40 heavy (non-hydrogen) atoms. The monoisotopic (exact) mass is 569 g/mol. The summed E-state index contributed by atoms with van der Waals surface area (Å²) < 4.78 is 51.6. The number of amides is 2. The van der Waals surface area contributed by atoms with Crippen LogP contribution in [-0.4, -0.2) is 63.7 Å². The summed E-state index contributed by atoms with van der Waals surface area (Å²) in [5, 5.41) is 2.79. The van der Waals surface area contributed by atoms with E-state index >= 15 is 0 Å². The number of hydrogen-bond acceptors (Lipinski definition) is 6. The second-order valence-corrected chi connectivity index (χ2v) is 11.3. The van der Waals surface area contributed by atoms with Gasteiger partial charge in [0.25, 0.3) is 0 Å². The summed E-state index contributed by atoms with van der Waals surface area (Å²) in [6.45, 7) is 2.21. The van der Waals surface area contributed by atoms with Crippen molar-refractivity contribution in [2.24, 2.45) is 0 Å². The van der Waals surface area contributed by atoms with E-state index in [0.717, 1.165) is 16.1 Å². The first-order valence-electron chi connectivity index (χ1n) is 12.9. The Kier molecular flexibility index (Phi) is 9.26. The summed E-state index contributed by atoms with van der Waals surface area (Å²) in [7, 11) is -3.93. The number of benzene rings is 3. The van der Waals surface area contributed by atoms with Gasteiger partial charge in [0.15, 0.2) is 11.5 Å². The van der Waals surface area contributed by atoms with Crippen LogP contribution < -0.4 is 19.1 Å². The van der Waals surface area contributed by atoms with Gasteiger partial charge in [-0.15, -0.1) is 0 Å². The number of hydrogen-bond donors (Lipinski definition) is 1. The predicted molar refractivity (Wildman–Crippen MR) is 149 cm³/mol. The fourth-order valence-corrected chi connectivity index (χ4v) is 5.27. The SMILES string of the molecule is CCNC(=O)C(Cc1ccccc1)N(Cc1ccc(F)cc1)C(=O)CN(c1ccc2c(c1)OCCO2)S(C)(=O)=O. The van der Waals surface area contributed by atoms with Crippen LogP contribution in [0.1, 0.15) is 18.1 Å². The third kappa shape index (κ3) is 7.29. The number of likely N-dealkylation sites (N-methyl/N-ethyl adjacent to an activating group) is 1. The highest BCUT2D eigenvalue weighted by atomic mass is 32.2. The molecule has 11 heteroatoms. The molecule has 9 nitrogen and oxygen atoms in total. The van der Waals surface area contributed by atoms with Crippen molar-refractivity contribution < 1.29 is 31.9 Å². The lowest BCUT2D eigenvalue weighted by molar-refractivity contribution is -0.140. The number of sulfonamides is 1. The molecule has 0 radical (unpaired) electrons. The molecule has 0 aromatic heterocycles. The number of fused-ring (bicyclic) bond motifs is 1. The highest BCUT2D eigenvalue weighted by Gasteiger charge is 2.33. The quantitative estimate of drug-likeness (QED) is 0.381. The first-order chi connectivity index (χ1) is 19.2. The number of carbonyl (C=O) groups is 2. The van der Waals surface area contributed by atoms with E-state index in [1.165, 1.54) is 41.3 Å². The van der Waals surface area contributed by atoms with Crippen molar-refractivity contribution in [3.63, 3.8) is 0 Å². The summed E-state index contributed by atoms with van der Waals surface area (Å²) in [5.41, 5.74) is 1.63. The Morgan fingerprint density at radius 2 is 1.62 bits per heavy atom. The molecule has 1 aliphatic rings. The van der Waals surface area contributed by atoms with Crippen LogP contribution in [0.5, 0.6) is 11.5 Å². The number of halogens is 1. The smallest absolute Gasteiger partial charge is 0.244 e. The lowest BCUT2D eigenvalue weighted by atomic mass is 10.0. The molecule has 0 aliphatic carbocycles. The standard InChI is InChI=1S/C29H32FN3O6S/c1-3-31-29(35)25(17-21-7-5-4-6-8-21)32(19-22-9-11-23(30)12-10-22)28(34)20-33(40(2,36)37)24-13-14-26-27(18-24)39-16-15-38-26/h4-14,18,25H,3,15-17,19-20H2,1-2H3,(H,31,35). The largest absolute Gasteiger partial charge is 0.486 e. The molecule has 3 aromatic carbocycles. The zero-order chi connectivity index (χ0) is 28.7. The van der Waals surface area contributed by atoms with Crippen molar-refractivity contribution in [3.8, 4) is 11.5 Å². The van der Waals surface area contributed by atoms with Gasteiger partial charge in [-0.05, 0) is 42.3 Å². The maximum atomic E-state index is 14.0. The molecule has 1 aliphatic heterocycles. The molecule has 1 heterocycles. The van der Waals surface area contributed by atoms with Gasteiger partial charge in [-0.25, -0.2) is 12.8 Å². The van der Waals surface area contributed by atoms with Gasteiger partial charge >= 0.3 is 0 Å². The summed E-state index contributed by atoms with van der Waals surface area (Å²) in [6, 6.07) is 18.5. The Bertz CT molecular complexity index is 1430. The number of carbonyl (C=O) groups excluding carboxylic acids is 2. The van der Waals surface area contributed by atoms with Gasteiger partial charge in [-0.2, -0.15) is 0 Å². The third-order valence-electron chi connectivity index (χ3n) is 6.38. The Labute approximate surface area is 233 Å². The molecule has 0 spiro atoms. The summed E-state index contributed by atoms with van der Waals surface area (Å²) in [4.78, 5) is 28.7. The Balaban J connectivity index is 1.71. The normalized spacial score (nSPS) is 13.3. The van der Waals surface area contributed by atoms with Crippen molar-refractivity contribution in [1.82, 2.24) is 10.2 Å². The highest BCUT2D eigenvalue weighted by molar-refractivity contribution is 7.92. The molecule has 0 bridgehead atoms. The van der Waals surface area contributed by atoms with Crippen molar-refractivity contribution >= 4 is 27.5 Å². The molecular weight excluding hydrogens is 537 g/mol. The van der Waals surface area contributed by atoms with Gasteiger partial charge in [0.2, 0.25) is 21.8 Å². The molecule has 3 aromatic rings. The fourth-order valence-electron chi connectivity index (χ4n) is 4.43.